The SMILES string of the molecule is COc1cc(Nc2ncc(F)c(NC3CC(C)(C)NC(C)(C)C3)n2)cc(OCCN2CCCC2)c1. The Labute approximate surface area is 208 Å². The highest BCUT2D eigenvalue weighted by atomic mass is 19.1. The van der Waals surface area contributed by atoms with Crippen LogP contribution in [0.2, 0.25) is 0 Å². The maximum Gasteiger partial charge on any atom is 0.229 e. The predicted molar refractivity (Wildman–Crippen MR) is 137 cm³/mol. The number of aromatic nitrogens is 2. The molecule has 0 atom stereocenters. The van der Waals surface area contributed by atoms with Crippen molar-refractivity contribution in [2.45, 2.75) is 70.5 Å². The molecule has 0 aliphatic carbocycles. The molecule has 0 spiro atoms. The maximum atomic E-state index is 14.6. The Balaban J connectivity index is 1.44. The Bertz CT molecular complexity index is 993. The summed E-state index contributed by atoms with van der Waals surface area (Å²) in [6, 6.07) is 5.66. The molecule has 2 aliphatic rings. The molecule has 2 aromatic rings. The number of piperidine rings is 1. The summed E-state index contributed by atoms with van der Waals surface area (Å²) in [7, 11) is 1.62. The summed E-state index contributed by atoms with van der Waals surface area (Å²) >= 11 is 0. The van der Waals surface area contributed by atoms with Gasteiger partial charge in [-0.1, -0.05) is 0 Å². The van der Waals surface area contributed by atoms with Crippen molar-refractivity contribution >= 4 is 17.5 Å². The molecule has 3 N–H and O–H groups in total. The molecule has 9 heteroatoms. The summed E-state index contributed by atoms with van der Waals surface area (Å²) in [4.78, 5) is 11.0. The molecule has 4 rings (SSSR count). The first-order chi connectivity index (χ1) is 16.6. The van der Waals surface area contributed by atoms with Gasteiger partial charge in [-0.05, 0) is 66.5 Å². The Morgan fingerprint density at radius 2 is 1.77 bits per heavy atom. The number of anilines is 3. The van der Waals surface area contributed by atoms with Gasteiger partial charge in [0.2, 0.25) is 5.95 Å². The minimum atomic E-state index is -0.471. The molecule has 192 valence electrons. The highest BCUT2D eigenvalue weighted by molar-refractivity contribution is 5.60. The molecular weight excluding hydrogens is 447 g/mol. The molecule has 2 saturated heterocycles. The average Bonchev–Trinajstić information content (AvgIpc) is 3.27. The molecule has 8 nitrogen and oxygen atoms in total. The van der Waals surface area contributed by atoms with Crippen LogP contribution in [0.25, 0.3) is 0 Å². The van der Waals surface area contributed by atoms with Gasteiger partial charge < -0.3 is 25.4 Å². The number of hydrogen-bond donors (Lipinski definition) is 3. The second-order valence-corrected chi connectivity index (χ2v) is 11.0. The van der Waals surface area contributed by atoms with Crippen LogP contribution in [-0.2, 0) is 0 Å². The van der Waals surface area contributed by atoms with Crippen molar-refractivity contribution in [3.63, 3.8) is 0 Å². The monoisotopic (exact) mass is 486 g/mol. The van der Waals surface area contributed by atoms with Crippen LogP contribution < -0.4 is 25.4 Å². The Hall–Kier alpha value is -2.65. The normalized spacial score (nSPS) is 19.9. The van der Waals surface area contributed by atoms with Crippen LogP contribution in [0.3, 0.4) is 0 Å². The van der Waals surface area contributed by atoms with Crippen molar-refractivity contribution in [1.82, 2.24) is 20.2 Å². The van der Waals surface area contributed by atoms with Gasteiger partial charge >= 0.3 is 0 Å². The molecule has 2 aliphatic heterocycles. The van der Waals surface area contributed by atoms with E-state index in [9.17, 15) is 4.39 Å². The fourth-order valence-electron chi connectivity index (χ4n) is 5.42. The third kappa shape index (κ3) is 7.18. The van der Waals surface area contributed by atoms with E-state index in [1.54, 1.807) is 7.11 Å². The largest absolute Gasteiger partial charge is 0.497 e. The number of hydrogen-bond acceptors (Lipinski definition) is 8. The van der Waals surface area contributed by atoms with Crippen LogP contribution in [0.4, 0.5) is 21.8 Å². The van der Waals surface area contributed by atoms with E-state index in [0.717, 1.165) is 32.5 Å². The van der Waals surface area contributed by atoms with E-state index in [0.29, 0.717) is 29.7 Å². The lowest BCUT2D eigenvalue weighted by atomic mass is 9.79. The number of methoxy groups -OCH3 is 1. The first-order valence-electron chi connectivity index (χ1n) is 12.5. The summed E-state index contributed by atoms with van der Waals surface area (Å²) in [5.74, 6) is 1.39. The maximum absolute atomic E-state index is 14.6. The summed E-state index contributed by atoms with van der Waals surface area (Å²) < 4.78 is 26.1. The van der Waals surface area contributed by atoms with Gasteiger partial charge in [0, 0.05) is 47.6 Å². The standard InChI is InChI=1S/C26H39FN6O2/c1-25(2)15-19(16-26(3,4)32-25)29-23-22(27)17-28-24(31-23)30-18-12-20(34-5)14-21(13-18)35-11-10-33-8-6-7-9-33/h12-14,17,19,32H,6-11,15-16H2,1-5H3,(H2,28,29,30,31). The number of likely N-dealkylation sites (tertiary alicyclic amines) is 1. The van der Waals surface area contributed by atoms with E-state index in [1.807, 2.05) is 18.2 Å². The van der Waals surface area contributed by atoms with Crippen molar-refractivity contribution in [2.24, 2.45) is 0 Å². The molecule has 0 radical (unpaired) electrons. The minimum absolute atomic E-state index is 0.0597. The summed E-state index contributed by atoms with van der Waals surface area (Å²) in [5, 5.41) is 10.1. The van der Waals surface area contributed by atoms with Gasteiger partial charge in [-0.25, -0.2) is 9.37 Å². The molecule has 2 fully saturated rings. The lowest BCUT2D eigenvalue weighted by Gasteiger charge is -2.46. The molecule has 0 saturated carbocycles. The molecule has 0 amide bonds. The first-order valence-corrected chi connectivity index (χ1v) is 12.5. The zero-order chi connectivity index (χ0) is 25.1. The molecular formula is C26H39FN6O2. The zero-order valence-electron chi connectivity index (χ0n) is 21.6. The molecule has 0 unspecified atom stereocenters. The van der Waals surface area contributed by atoms with E-state index in [2.05, 4.69) is 58.5 Å². The molecule has 0 bridgehead atoms. The Morgan fingerprint density at radius 3 is 2.46 bits per heavy atom. The van der Waals surface area contributed by atoms with Crippen LogP contribution in [0.15, 0.2) is 24.4 Å². The lowest BCUT2D eigenvalue weighted by Crippen LogP contribution is -2.60. The van der Waals surface area contributed by atoms with E-state index in [-0.39, 0.29) is 22.9 Å². The third-order valence-electron chi connectivity index (χ3n) is 6.52. The number of nitrogens with zero attached hydrogens (tertiary/aromatic N) is 3. The van der Waals surface area contributed by atoms with Gasteiger partial charge in [-0.3, -0.25) is 4.90 Å². The highest BCUT2D eigenvalue weighted by Crippen LogP contribution is 2.31. The highest BCUT2D eigenvalue weighted by Gasteiger charge is 2.38. The molecule has 3 heterocycles. The first kappa shape index (κ1) is 25.4. The van der Waals surface area contributed by atoms with Gasteiger partial charge in [0.05, 0.1) is 13.3 Å². The van der Waals surface area contributed by atoms with Gasteiger partial charge in [0.1, 0.15) is 18.1 Å². The third-order valence-corrected chi connectivity index (χ3v) is 6.52. The Kier molecular flexibility index (Phi) is 7.66. The smallest absolute Gasteiger partial charge is 0.229 e. The van der Waals surface area contributed by atoms with E-state index >= 15 is 0 Å². The topological polar surface area (TPSA) is 83.6 Å². The zero-order valence-corrected chi connectivity index (χ0v) is 21.6. The van der Waals surface area contributed by atoms with Gasteiger partial charge in [0.15, 0.2) is 11.6 Å². The Morgan fingerprint density at radius 1 is 1.09 bits per heavy atom. The van der Waals surface area contributed by atoms with Crippen LogP contribution in [0.5, 0.6) is 11.5 Å². The second-order valence-electron chi connectivity index (χ2n) is 11.0. The van der Waals surface area contributed by atoms with Crippen molar-refractivity contribution in [1.29, 1.82) is 0 Å². The van der Waals surface area contributed by atoms with Gasteiger partial charge in [-0.15, -0.1) is 0 Å². The van der Waals surface area contributed by atoms with Crippen LogP contribution >= 0.6 is 0 Å². The number of nitrogens with one attached hydrogen (secondary N) is 3. The van der Waals surface area contributed by atoms with Gasteiger partial charge in [0.25, 0.3) is 0 Å². The number of benzene rings is 1. The minimum Gasteiger partial charge on any atom is -0.497 e. The molecule has 1 aromatic heterocycles. The fourth-order valence-corrected chi connectivity index (χ4v) is 5.42. The number of ether oxygens (including phenoxy) is 2. The van der Waals surface area contributed by atoms with Crippen LogP contribution in [0, 0.1) is 5.82 Å². The molecule has 1 aromatic carbocycles. The summed E-state index contributed by atoms with van der Waals surface area (Å²) in [6.45, 7) is 12.5. The quantitative estimate of drug-likeness (QED) is 0.476. The summed E-state index contributed by atoms with van der Waals surface area (Å²) in [6.07, 6.45) is 5.43. The van der Waals surface area contributed by atoms with Crippen LogP contribution in [0.1, 0.15) is 53.4 Å². The number of rotatable bonds is 9. The fraction of sp³-hybridized carbons (Fsp3) is 0.615. The average molecular weight is 487 g/mol. The van der Waals surface area contributed by atoms with Gasteiger partial charge in [-0.2, -0.15) is 4.98 Å². The van der Waals surface area contributed by atoms with E-state index < -0.39 is 5.82 Å². The van der Waals surface area contributed by atoms with E-state index in [4.69, 9.17) is 9.47 Å². The molecule has 35 heavy (non-hydrogen) atoms. The van der Waals surface area contributed by atoms with Crippen molar-refractivity contribution in [3.8, 4) is 11.5 Å². The summed E-state index contributed by atoms with van der Waals surface area (Å²) in [5.41, 5.74) is 0.591. The number of halogens is 1. The van der Waals surface area contributed by atoms with Crippen molar-refractivity contribution in [3.05, 3.63) is 30.2 Å². The van der Waals surface area contributed by atoms with Crippen molar-refractivity contribution < 1.29 is 13.9 Å². The lowest BCUT2D eigenvalue weighted by molar-refractivity contribution is 0.170. The predicted octanol–water partition coefficient (Wildman–Crippen LogP) is 4.56. The van der Waals surface area contributed by atoms with E-state index in [1.165, 1.54) is 19.0 Å². The van der Waals surface area contributed by atoms with Crippen molar-refractivity contribution in [2.75, 3.05) is 44.0 Å². The second kappa shape index (κ2) is 10.5. The van der Waals surface area contributed by atoms with Crippen LogP contribution in [-0.4, -0.2) is 65.3 Å².